The summed E-state index contributed by atoms with van der Waals surface area (Å²) < 4.78 is 11.0. The number of furan rings is 1. The van der Waals surface area contributed by atoms with Gasteiger partial charge in [-0.05, 0) is 17.5 Å². The Morgan fingerprint density at radius 1 is 0.812 bits per heavy atom. The summed E-state index contributed by atoms with van der Waals surface area (Å²) in [6.45, 7) is 0. The van der Waals surface area contributed by atoms with E-state index in [1.165, 1.54) is 6.39 Å². The van der Waals surface area contributed by atoms with Crippen LogP contribution in [0.25, 0.3) is 32.8 Å². The molecule has 3 heteroatoms. The first kappa shape index (κ1) is 7.93. The van der Waals surface area contributed by atoms with E-state index < -0.39 is 0 Å². The van der Waals surface area contributed by atoms with Gasteiger partial charge in [0.25, 0.3) is 0 Å². The second kappa shape index (κ2) is 2.64. The van der Waals surface area contributed by atoms with Gasteiger partial charge in [0.1, 0.15) is 11.1 Å². The molecule has 0 aliphatic rings. The molecule has 0 aliphatic carbocycles. The zero-order chi connectivity index (χ0) is 10.5. The van der Waals surface area contributed by atoms with E-state index in [-0.39, 0.29) is 0 Å². The van der Waals surface area contributed by atoms with Gasteiger partial charge in [-0.25, -0.2) is 4.98 Å². The minimum atomic E-state index is 0.790. The number of hydrogen-bond acceptors (Lipinski definition) is 3. The molecule has 4 aromatic rings. The number of hydrogen-bond donors (Lipinski definition) is 0. The van der Waals surface area contributed by atoms with E-state index in [9.17, 15) is 0 Å². The van der Waals surface area contributed by atoms with E-state index in [1.54, 1.807) is 6.26 Å². The normalized spacial score (nSPS) is 11.8. The smallest absolute Gasteiger partial charge is 0.182 e. The molecule has 0 aliphatic heterocycles. The molecular weight excluding hydrogens is 202 g/mol. The van der Waals surface area contributed by atoms with Gasteiger partial charge in [-0.2, -0.15) is 0 Å². The van der Waals surface area contributed by atoms with Crippen molar-refractivity contribution in [1.29, 1.82) is 0 Å². The highest BCUT2D eigenvalue weighted by atomic mass is 16.3. The minimum absolute atomic E-state index is 0.790. The Morgan fingerprint density at radius 3 is 2.69 bits per heavy atom. The van der Waals surface area contributed by atoms with Crippen molar-refractivity contribution in [2.24, 2.45) is 0 Å². The molecule has 0 bridgehead atoms. The number of fused-ring (bicyclic) bond motifs is 5. The van der Waals surface area contributed by atoms with Crippen LogP contribution in [0.15, 0.2) is 51.8 Å². The SMILES string of the molecule is c1cc2ccc3ccc4ncoc4c3c2o1. The molecule has 2 aromatic heterocycles. The largest absolute Gasteiger partial charge is 0.464 e. The monoisotopic (exact) mass is 209 g/mol. The van der Waals surface area contributed by atoms with Crippen LogP contribution in [0.5, 0.6) is 0 Å². The molecule has 76 valence electrons. The first-order valence-corrected chi connectivity index (χ1v) is 5.05. The van der Waals surface area contributed by atoms with Gasteiger partial charge in [-0.15, -0.1) is 0 Å². The van der Waals surface area contributed by atoms with E-state index in [0.29, 0.717) is 0 Å². The lowest BCUT2D eigenvalue weighted by Gasteiger charge is -1.98. The summed E-state index contributed by atoms with van der Waals surface area (Å²) in [5.41, 5.74) is 2.51. The summed E-state index contributed by atoms with van der Waals surface area (Å²) in [5.74, 6) is 0. The maximum atomic E-state index is 5.52. The molecule has 0 fully saturated rings. The van der Waals surface area contributed by atoms with Crippen LogP contribution in [-0.4, -0.2) is 4.98 Å². The molecule has 0 amide bonds. The zero-order valence-electron chi connectivity index (χ0n) is 8.31. The van der Waals surface area contributed by atoms with Gasteiger partial charge in [0.15, 0.2) is 12.0 Å². The summed E-state index contributed by atoms with van der Waals surface area (Å²) >= 11 is 0. The fraction of sp³-hybridized carbons (Fsp3) is 0. The van der Waals surface area contributed by atoms with E-state index in [1.807, 2.05) is 24.3 Å². The lowest BCUT2D eigenvalue weighted by Crippen LogP contribution is -1.75. The minimum Gasteiger partial charge on any atom is -0.464 e. The van der Waals surface area contributed by atoms with Crippen molar-refractivity contribution >= 4 is 32.8 Å². The number of rotatable bonds is 0. The summed E-state index contributed by atoms with van der Waals surface area (Å²) in [5, 5.41) is 3.18. The van der Waals surface area contributed by atoms with Gasteiger partial charge in [-0.1, -0.05) is 18.2 Å². The Balaban J connectivity index is 2.44. The van der Waals surface area contributed by atoms with Crippen LogP contribution in [0.1, 0.15) is 0 Å². The number of oxazole rings is 1. The van der Waals surface area contributed by atoms with Crippen LogP contribution >= 0.6 is 0 Å². The number of benzene rings is 2. The Bertz CT molecular complexity index is 745. The van der Waals surface area contributed by atoms with Gasteiger partial charge in [0.2, 0.25) is 0 Å². The molecule has 0 unspecified atom stereocenters. The molecule has 0 radical (unpaired) electrons. The molecule has 4 rings (SSSR count). The summed E-state index contributed by atoms with van der Waals surface area (Å²) in [6.07, 6.45) is 3.16. The van der Waals surface area contributed by atoms with Crippen molar-refractivity contribution in [3.05, 3.63) is 43.0 Å². The van der Waals surface area contributed by atoms with Gasteiger partial charge in [0, 0.05) is 5.39 Å². The topological polar surface area (TPSA) is 39.2 Å². The standard InChI is InChI=1S/C13H7NO2/c1-2-9-5-6-15-12(9)11-8(1)3-4-10-13(11)16-7-14-10/h1-7H. The Labute approximate surface area is 90.3 Å². The zero-order valence-corrected chi connectivity index (χ0v) is 8.31. The van der Waals surface area contributed by atoms with Gasteiger partial charge >= 0.3 is 0 Å². The Kier molecular flexibility index (Phi) is 1.31. The lowest BCUT2D eigenvalue weighted by atomic mass is 10.1. The molecule has 0 atom stereocenters. The van der Waals surface area contributed by atoms with Crippen LogP contribution in [0.3, 0.4) is 0 Å². The highest BCUT2D eigenvalue weighted by molar-refractivity contribution is 6.15. The highest BCUT2D eigenvalue weighted by Gasteiger charge is 2.10. The summed E-state index contributed by atoms with van der Waals surface area (Å²) in [6, 6.07) is 10.0. The van der Waals surface area contributed by atoms with Crippen LogP contribution in [0.4, 0.5) is 0 Å². The Hall–Kier alpha value is -2.29. The lowest BCUT2D eigenvalue weighted by molar-refractivity contribution is 0.601. The fourth-order valence-electron chi connectivity index (χ4n) is 2.15. The van der Waals surface area contributed by atoms with E-state index >= 15 is 0 Å². The highest BCUT2D eigenvalue weighted by Crippen LogP contribution is 2.31. The van der Waals surface area contributed by atoms with Crippen LogP contribution in [0, 0.1) is 0 Å². The molecule has 0 spiro atoms. The maximum absolute atomic E-state index is 5.52. The third-order valence-electron chi connectivity index (χ3n) is 2.90. The third-order valence-corrected chi connectivity index (χ3v) is 2.90. The fourth-order valence-corrected chi connectivity index (χ4v) is 2.15. The molecule has 0 N–H and O–H groups in total. The van der Waals surface area contributed by atoms with E-state index in [0.717, 1.165) is 32.8 Å². The van der Waals surface area contributed by atoms with Gasteiger partial charge in [0.05, 0.1) is 11.6 Å². The first-order valence-electron chi connectivity index (χ1n) is 5.05. The van der Waals surface area contributed by atoms with Crippen LogP contribution in [0.2, 0.25) is 0 Å². The summed E-state index contributed by atoms with van der Waals surface area (Å²) in [7, 11) is 0. The number of aromatic nitrogens is 1. The van der Waals surface area contributed by atoms with Gasteiger partial charge < -0.3 is 8.83 Å². The molecule has 0 saturated heterocycles. The molecule has 0 saturated carbocycles. The molecule has 2 heterocycles. The molecule has 2 aromatic carbocycles. The average Bonchev–Trinajstić information content (AvgIpc) is 2.96. The van der Waals surface area contributed by atoms with E-state index in [2.05, 4.69) is 11.1 Å². The predicted molar refractivity (Wildman–Crippen MR) is 61.3 cm³/mol. The molecule has 16 heavy (non-hydrogen) atoms. The van der Waals surface area contributed by atoms with Crippen molar-refractivity contribution in [3.8, 4) is 0 Å². The van der Waals surface area contributed by atoms with Crippen molar-refractivity contribution in [3.63, 3.8) is 0 Å². The number of nitrogens with zero attached hydrogens (tertiary/aromatic N) is 1. The van der Waals surface area contributed by atoms with Crippen molar-refractivity contribution in [2.45, 2.75) is 0 Å². The second-order valence-electron chi connectivity index (χ2n) is 3.77. The van der Waals surface area contributed by atoms with Crippen molar-refractivity contribution in [2.75, 3.05) is 0 Å². The quantitative estimate of drug-likeness (QED) is 0.443. The van der Waals surface area contributed by atoms with Crippen LogP contribution < -0.4 is 0 Å². The average molecular weight is 209 g/mol. The van der Waals surface area contributed by atoms with Gasteiger partial charge in [-0.3, -0.25) is 0 Å². The van der Waals surface area contributed by atoms with E-state index in [4.69, 9.17) is 8.83 Å². The second-order valence-corrected chi connectivity index (χ2v) is 3.77. The summed E-state index contributed by atoms with van der Waals surface area (Å²) in [4.78, 5) is 4.15. The predicted octanol–water partition coefficient (Wildman–Crippen LogP) is 3.73. The van der Waals surface area contributed by atoms with Crippen LogP contribution in [-0.2, 0) is 0 Å². The Morgan fingerprint density at radius 2 is 1.69 bits per heavy atom. The van der Waals surface area contributed by atoms with Crippen molar-refractivity contribution in [1.82, 2.24) is 4.98 Å². The molecule has 3 nitrogen and oxygen atoms in total. The molecular formula is C13H7NO2. The van der Waals surface area contributed by atoms with Crippen molar-refractivity contribution < 1.29 is 8.83 Å². The first-order chi connectivity index (χ1) is 7.93. The maximum Gasteiger partial charge on any atom is 0.182 e. The third kappa shape index (κ3) is 0.852.